The summed E-state index contributed by atoms with van der Waals surface area (Å²) in [5, 5.41) is 3.83. The predicted molar refractivity (Wildman–Crippen MR) is 58.8 cm³/mol. The lowest BCUT2D eigenvalue weighted by Gasteiger charge is -1.96. The molecule has 0 aromatic carbocycles. The summed E-state index contributed by atoms with van der Waals surface area (Å²) >= 11 is 0. The molecule has 0 saturated heterocycles. The van der Waals surface area contributed by atoms with E-state index in [2.05, 4.69) is 28.5 Å². The first-order chi connectivity index (χ1) is 7.70. The van der Waals surface area contributed by atoms with E-state index < -0.39 is 8.25 Å². The minimum atomic E-state index is -2.71. The molecule has 0 bridgehead atoms. The number of rotatable bonds is 6. The molecule has 0 N–H and O–H groups in total. The molecule has 0 aliphatic heterocycles. The van der Waals surface area contributed by atoms with Crippen LogP contribution in [0.25, 0.3) is 0 Å². The fraction of sp³-hybridized carbons (Fsp3) is 0.778. The lowest BCUT2D eigenvalue weighted by atomic mass is 10.4. The summed E-state index contributed by atoms with van der Waals surface area (Å²) in [6.07, 6.45) is 6.23. The van der Waals surface area contributed by atoms with Crippen molar-refractivity contribution in [2.24, 2.45) is 0 Å². The van der Waals surface area contributed by atoms with Gasteiger partial charge in [-0.15, -0.1) is 4.52 Å². The van der Waals surface area contributed by atoms with Crippen molar-refractivity contribution in [3.05, 3.63) is 12.7 Å². The second-order valence-electron chi connectivity index (χ2n) is 3.07. The third-order valence-corrected chi connectivity index (χ3v) is 2.09. The molecule has 92 valence electrons. The van der Waals surface area contributed by atoms with Crippen LogP contribution >= 0.6 is 8.25 Å². The second kappa shape index (κ2) is 10.7. The molecule has 1 aromatic rings. The first kappa shape index (κ1) is 15.2. The van der Waals surface area contributed by atoms with Gasteiger partial charge in [0.1, 0.15) is 19.3 Å². The predicted octanol–water partition coefficient (Wildman–Crippen LogP) is 1.51. The van der Waals surface area contributed by atoms with E-state index in [0.29, 0.717) is 13.0 Å². The van der Waals surface area contributed by atoms with Crippen LogP contribution in [0.3, 0.4) is 0 Å². The van der Waals surface area contributed by atoms with Crippen molar-refractivity contribution in [2.75, 3.05) is 6.61 Å². The topological polar surface area (TPSA) is 80.1 Å². The molecule has 0 fully saturated rings. The van der Waals surface area contributed by atoms with Gasteiger partial charge in [-0.25, -0.2) is 4.98 Å². The third-order valence-electron chi connectivity index (χ3n) is 1.69. The standard InChI is InChI=1S/C5H8N3O3P.C4H10/c9-12(10)11-3-1-2-8-5-6-4-7-8;1-3-4-2/h4-5H,1-3H2;3-4H2,1-2H3. The maximum Gasteiger partial charge on any atom is 0.488 e. The van der Waals surface area contributed by atoms with Crippen LogP contribution in [0, 0.1) is 0 Å². The SMILES string of the molecule is CCCC.O=[P+]([O-])OCCCn1cncn1. The first-order valence-electron chi connectivity index (χ1n) is 5.30. The van der Waals surface area contributed by atoms with Gasteiger partial charge in [-0.3, -0.25) is 4.68 Å². The molecule has 6 nitrogen and oxygen atoms in total. The molecule has 16 heavy (non-hydrogen) atoms. The second-order valence-corrected chi connectivity index (χ2v) is 3.77. The first-order valence-corrected chi connectivity index (χ1v) is 6.40. The minimum absolute atomic E-state index is 0.193. The Morgan fingerprint density at radius 2 is 2.12 bits per heavy atom. The summed E-state index contributed by atoms with van der Waals surface area (Å²) in [4.78, 5) is 13.7. The highest BCUT2D eigenvalue weighted by atomic mass is 31.1. The van der Waals surface area contributed by atoms with Crippen LogP contribution in [0.5, 0.6) is 0 Å². The van der Waals surface area contributed by atoms with Gasteiger partial charge >= 0.3 is 8.25 Å². The van der Waals surface area contributed by atoms with Crippen molar-refractivity contribution in [3.63, 3.8) is 0 Å². The van der Waals surface area contributed by atoms with Crippen LogP contribution in [-0.2, 0) is 15.6 Å². The van der Waals surface area contributed by atoms with Gasteiger partial charge in [-0.05, 0) is 11.0 Å². The number of aromatic nitrogens is 3. The Morgan fingerprint density at radius 3 is 2.56 bits per heavy atom. The van der Waals surface area contributed by atoms with Crippen molar-refractivity contribution in [2.45, 2.75) is 39.7 Å². The monoisotopic (exact) mass is 247 g/mol. The molecule has 1 aromatic heterocycles. The third kappa shape index (κ3) is 9.71. The van der Waals surface area contributed by atoms with E-state index in [1.165, 1.54) is 19.2 Å². The van der Waals surface area contributed by atoms with E-state index in [-0.39, 0.29) is 6.61 Å². The highest BCUT2D eigenvalue weighted by Crippen LogP contribution is 2.08. The summed E-state index contributed by atoms with van der Waals surface area (Å²) in [7, 11) is -2.71. The largest absolute Gasteiger partial charge is 0.566 e. The molecule has 1 rings (SSSR count). The average Bonchev–Trinajstić information content (AvgIpc) is 2.77. The zero-order chi connectivity index (χ0) is 12.2. The lowest BCUT2D eigenvalue weighted by Crippen LogP contribution is -2.02. The van der Waals surface area contributed by atoms with Gasteiger partial charge in [0.25, 0.3) is 0 Å². The van der Waals surface area contributed by atoms with E-state index in [1.807, 2.05) is 0 Å². The van der Waals surface area contributed by atoms with Crippen molar-refractivity contribution >= 4 is 8.25 Å². The van der Waals surface area contributed by atoms with Gasteiger partial charge in [-0.1, -0.05) is 26.7 Å². The molecule has 0 amide bonds. The Kier molecular flexibility index (Phi) is 10.1. The number of unbranched alkanes of at least 4 members (excludes halogenated alkanes) is 1. The Hall–Kier alpha value is -0.840. The van der Waals surface area contributed by atoms with E-state index in [0.717, 1.165) is 0 Å². The van der Waals surface area contributed by atoms with Gasteiger partial charge in [0.05, 0.1) is 0 Å². The molecule has 0 aliphatic carbocycles. The van der Waals surface area contributed by atoms with Gasteiger partial charge in [0, 0.05) is 6.54 Å². The summed E-state index contributed by atoms with van der Waals surface area (Å²) < 4.78 is 15.9. The van der Waals surface area contributed by atoms with Crippen LogP contribution in [0.1, 0.15) is 33.1 Å². The highest BCUT2D eigenvalue weighted by molar-refractivity contribution is 7.30. The lowest BCUT2D eigenvalue weighted by molar-refractivity contribution is -0.185. The van der Waals surface area contributed by atoms with Crippen molar-refractivity contribution < 1.29 is 14.0 Å². The van der Waals surface area contributed by atoms with Crippen molar-refractivity contribution in [3.8, 4) is 0 Å². The van der Waals surface area contributed by atoms with Gasteiger partial charge in [-0.2, -0.15) is 5.10 Å². The Balaban J connectivity index is 0.000000487. The molecule has 0 aliphatic rings. The summed E-state index contributed by atoms with van der Waals surface area (Å²) in [6, 6.07) is 0. The molecule has 7 heteroatoms. The maximum absolute atomic E-state index is 9.94. The van der Waals surface area contributed by atoms with Crippen LogP contribution in [0.4, 0.5) is 0 Å². The molecule has 0 spiro atoms. The zero-order valence-electron chi connectivity index (χ0n) is 9.70. The number of hydrogen-bond acceptors (Lipinski definition) is 5. The summed E-state index contributed by atoms with van der Waals surface area (Å²) in [5.41, 5.74) is 0. The average molecular weight is 247 g/mol. The van der Waals surface area contributed by atoms with Crippen molar-refractivity contribution in [1.29, 1.82) is 0 Å². The van der Waals surface area contributed by atoms with Crippen LogP contribution in [-0.4, -0.2) is 21.4 Å². The fourth-order valence-corrected chi connectivity index (χ4v) is 0.992. The molecular formula is C9H18N3O3P. The van der Waals surface area contributed by atoms with E-state index >= 15 is 0 Å². The molecule has 1 unspecified atom stereocenters. The number of nitrogens with zero attached hydrogens (tertiary/aromatic N) is 3. The Morgan fingerprint density at radius 1 is 1.44 bits per heavy atom. The Labute approximate surface area is 96.6 Å². The Bertz CT molecular complexity index is 265. The normalized spacial score (nSPS) is 10.6. The maximum atomic E-state index is 9.94. The fourth-order valence-electron chi connectivity index (χ4n) is 0.714. The smallest absolute Gasteiger partial charge is 0.488 e. The van der Waals surface area contributed by atoms with E-state index in [1.54, 1.807) is 11.0 Å². The highest BCUT2D eigenvalue weighted by Gasteiger charge is 2.00. The van der Waals surface area contributed by atoms with Crippen LogP contribution < -0.4 is 4.89 Å². The van der Waals surface area contributed by atoms with Gasteiger partial charge in [0.15, 0.2) is 0 Å². The summed E-state index contributed by atoms with van der Waals surface area (Å²) in [6.45, 7) is 5.17. The number of hydrogen-bond donors (Lipinski definition) is 0. The van der Waals surface area contributed by atoms with Crippen molar-refractivity contribution in [1.82, 2.24) is 14.8 Å². The molecule has 0 saturated carbocycles. The molecule has 1 atom stereocenters. The van der Waals surface area contributed by atoms with Crippen LogP contribution in [0.15, 0.2) is 12.7 Å². The molecule has 0 radical (unpaired) electrons. The van der Waals surface area contributed by atoms with Gasteiger partial charge < -0.3 is 4.89 Å². The number of aryl methyl sites for hydroxylation is 1. The van der Waals surface area contributed by atoms with Gasteiger partial charge in [0.2, 0.25) is 0 Å². The quantitative estimate of drug-likeness (QED) is 0.562. The zero-order valence-corrected chi connectivity index (χ0v) is 10.6. The van der Waals surface area contributed by atoms with E-state index in [9.17, 15) is 9.46 Å². The molecule has 1 heterocycles. The van der Waals surface area contributed by atoms with E-state index in [4.69, 9.17) is 0 Å². The molecular weight excluding hydrogens is 229 g/mol. The minimum Gasteiger partial charge on any atom is -0.566 e. The summed E-state index contributed by atoms with van der Waals surface area (Å²) in [5.74, 6) is 0. The van der Waals surface area contributed by atoms with Crippen LogP contribution in [0.2, 0.25) is 0 Å².